The van der Waals surface area contributed by atoms with Crippen LogP contribution in [0.25, 0.3) is 0 Å². The molecule has 2 heteroatoms. The molecule has 0 bridgehead atoms. The van der Waals surface area contributed by atoms with Crippen LogP contribution in [0.5, 0.6) is 0 Å². The number of hydrogen-bond donors (Lipinski definition) is 1. The molecule has 0 aliphatic carbocycles. The van der Waals surface area contributed by atoms with Gasteiger partial charge in [-0.2, -0.15) is 0 Å². The standard InChI is InChI=1S/C18H26N2/c1-14(2)12-16-7-9-17(10-8-16)15(3)19-13-18-6-5-11-20(18)4/h5-11,14-15,19H,12-13H2,1-4H3. The molecule has 0 saturated heterocycles. The molecular weight excluding hydrogens is 244 g/mol. The number of rotatable bonds is 6. The molecule has 108 valence electrons. The van der Waals surface area contributed by atoms with E-state index in [0.717, 1.165) is 13.0 Å². The molecule has 0 saturated carbocycles. The lowest BCUT2D eigenvalue weighted by molar-refractivity contribution is 0.557. The Morgan fingerprint density at radius 2 is 1.75 bits per heavy atom. The van der Waals surface area contributed by atoms with E-state index in [1.807, 2.05) is 0 Å². The molecule has 20 heavy (non-hydrogen) atoms. The summed E-state index contributed by atoms with van der Waals surface area (Å²) in [7, 11) is 2.09. The van der Waals surface area contributed by atoms with Gasteiger partial charge in [-0.15, -0.1) is 0 Å². The largest absolute Gasteiger partial charge is 0.353 e. The molecular formula is C18H26N2. The Balaban J connectivity index is 1.92. The number of nitrogens with one attached hydrogen (secondary N) is 1. The fraction of sp³-hybridized carbons (Fsp3) is 0.444. The lowest BCUT2D eigenvalue weighted by atomic mass is 10.00. The van der Waals surface area contributed by atoms with E-state index >= 15 is 0 Å². The number of hydrogen-bond acceptors (Lipinski definition) is 1. The third kappa shape index (κ3) is 3.97. The maximum atomic E-state index is 3.58. The Kier molecular flexibility index (Phi) is 5.02. The van der Waals surface area contributed by atoms with Crippen LogP contribution < -0.4 is 5.32 Å². The average Bonchev–Trinajstić information content (AvgIpc) is 2.82. The van der Waals surface area contributed by atoms with Crippen LogP contribution in [0.1, 0.15) is 43.6 Å². The van der Waals surface area contributed by atoms with E-state index in [9.17, 15) is 0 Å². The van der Waals surface area contributed by atoms with Crippen molar-refractivity contribution < 1.29 is 0 Å². The highest BCUT2D eigenvalue weighted by molar-refractivity contribution is 5.25. The van der Waals surface area contributed by atoms with Gasteiger partial charge in [0, 0.05) is 31.5 Å². The Morgan fingerprint density at radius 3 is 2.30 bits per heavy atom. The first-order chi connectivity index (χ1) is 9.56. The van der Waals surface area contributed by atoms with E-state index in [-0.39, 0.29) is 0 Å². The van der Waals surface area contributed by atoms with E-state index < -0.39 is 0 Å². The third-order valence-electron chi connectivity index (χ3n) is 3.76. The molecule has 0 radical (unpaired) electrons. The molecule has 1 N–H and O–H groups in total. The second-order valence-corrected chi connectivity index (χ2v) is 6.05. The van der Waals surface area contributed by atoms with Crippen LogP contribution in [0, 0.1) is 5.92 Å². The Hall–Kier alpha value is -1.54. The van der Waals surface area contributed by atoms with Crippen LogP contribution in [0.3, 0.4) is 0 Å². The van der Waals surface area contributed by atoms with Crippen molar-refractivity contribution in [3.8, 4) is 0 Å². The summed E-state index contributed by atoms with van der Waals surface area (Å²) >= 11 is 0. The highest BCUT2D eigenvalue weighted by Gasteiger charge is 2.06. The fourth-order valence-corrected chi connectivity index (χ4v) is 2.47. The first-order valence-corrected chi connectivity index (χ1v) is 7.48. The van der Waals surface area contributed by atoms with Crippen LogP contribution in [-0.4, -0.2) is 4.57 Å². The molecule has 2 rings (SSSR count). The van der Waals surface area contributed by atoms with Gasteiger partial charge in [-0.3, -0.25) is 0 Å². The minimum atomic E-state index is 0.373. The van der Waals surface area contributed by atoms with Crippen molar-refractivity contribution in [3.63, 3.8) is 0 Å². The molecule has 0 fully saturated rings. The summed E-state index contributed by atoms with van der Waals surface area (Å²) < 4.78 is 2.16. The van der Waals surface area contributed by atoms with E-state index in [1.165, 1.54) is 16.8 Å². The summed E-state index contributed by atoms with van der Waals surface area (Å²) in [5.74, 6) is 0.716. The van der Waals surface area contributed by atoms with Gasteiger partial charge >= 0.3 is 0 Å². The van der Waals surface area contributed by atoms with Crippen LogP contribution in [0.2, 0.25) is 0 Å². The molecule has 1 heterocycles. The highest BCUT2D eigenvalue weighted by Crippen LogP contribution is 2.16. The zero-order valence-corrected chi connectivity index (χ0v) is 13.1. The van der Waals surface area contributed by atoms with E-state index in [0.29, 0.717) is 12.0 Å². The van der Waals surface area contributed by atoms with Crippen molar-refractivity contribution in [3.05, 3.63) is 59.4 Å². The maximum absolute atomic E-state index is 3.58. The van der Waals surface area contributed by atoms with E-state index in [1.54, 1.807) is 0 Å². The quantitative estimate of drug-likeness (QED) is 0.837. The molecule has 1 unspecified atom stereocenters. The third-order valence-corrected chi connectivity index (χ3v) is 3.76. The van der Waals surface area contributed by atoms with Crippen molar-refractivity contribution in [2.24, 2.45) is 13.0 Å². The van der Waals surface area contributed by atoms with Gasteiger partial charge in [-0.25, -0.2) is 0 Å². The van der Waals surface area contributed by atoms with Gasteiger partial charge in [-0.1, -0.05) is 38.1 Å². The summed E-state index contributed by atoms with van der Waals surface area (Å²) in [5.41, 5.74) is 4.10. The van der Waals surface area contributed by atoms with Gasteiger partial charge < -0.3 is 9.88 Å². The second kappa shape index (κ2) is 6.76. The van der Waals surface area contributed by atoms with Crippen molar-refractivity contribution in [1.29, 1.82) is 0 Å². The molecule has 1 aromatic heterocycles. The number of benzene rings is 1. The molecule has 2 aromatic rings. The zero-order valence-electron chi connectivity index (χ0n) is 13.1. The molecule has 0 amide bonds. The van der Waals surface area contributed by atoms with Gasteiger partial charge in [0.25, 0.3) is 0 Å². The van der Waals surface area contributed by atoms with Crippen LogP contribution in [0.4, 0.5) is 0 Å². The molecule has 0 aliphatic rings. The number of nitrogens with zero attached hydrogens (tertiary/aromatic N) is 1. The Bertz CT molecular complexity index is 523. The lowest BCUT2D eigenvalue weighted by Gasteiger charge is -2.15. The Morgan fingerprint density at radius 1 is 1.05 bits per heavy atom. The minimum absolute atomic E-state index is 0.373. The summed E-state index contributed by atoms with van der Waals surface area (Å²) in [5, 5.41) is 3.58. The van der Waals surface area contributed by atoms with Gasteiger partial charge in [0.2, 0.25) is 0 Å². The van der Waals surface area contributed by atoms with E-state index in [4.69, 9.17) is 0 Å². The van der Waals surface area contributed by atoms with Gasteiger partial charge in [0.1, 0.15) is 0 Å². The average molecular weight is 270 g/mol. The van der Waals surface area contributed by atoms with Gasteiger partial charge in [0.15, 0.2) is 0 Å². The molecule has 2 nitrogen and oxygen atoms in total. The van der Waals surface area contributed by atoms with Crippen LogP contribution in [-0.2, 0) is 20.0 Å². The van der Waals surface area contributed by atoms with Crippen LogP contribution >= 0.6 is 0 Å². The van der Waals surface area contributed by atoms with Gasteiger partial charge in [-0.05, 0) is 42.5 Å². The van der Waals surface area contributed by atoms with Crippen molar-refractivity contribution in [2.45, 2.75) is 39.8 Å². The van der Waals surface area contributed by atoms with Crippen molar-refractivity contribution >= 4 is 0 Å². The van der Waals surface area contributed by atoms with Crippen molar-refractivity contribution in [2.75, 3.05) is 0 Å². The molecule has 0 spiro atoms. The van der Waals surface area contributed by atoms with Crippen LogP contribution in [0.15, 0.2) is 42.6 Å². The number of aryl methyl sites for hydroxylation is 1. The van der Waals surface area contributed by atoms with E-state index in [2.05, 4.69) is 80.3 Å². The molecule has 1 aromatic carbocycles. The first-order valence-electron chi connectivity index (χ1n) is 7.48. The summed E-state index contributed by atoms with van der Waals surface area (Å²) in [6.45, 7) is 7.65. The topological polar surface area (TPSA) is 17.0 Å². The SMILES string of the molecule is CC(C)Cc1ccc(C(C)NCc2cccn2C)cc1. The van der Waals surface area contributed by atoms with Crippen molar-refractivity contribution in [1.82, 2.24) is 9.88 Å². The summed E-state index contributed by atoms with van der Waals surface area (Å²) in [6.07, 6.45) is 3.24. The predicted molar refractivity (Wildman–Crippen MR) is 85.7 cm³/mol. The number of aromatic nitrogens is 1. The van der Waals surface area contributed by atoms with Gasteiger partial charge in [0.05, 0.1) is 0 Å². The minimum Gasteiger partial charge on any atom is -0.353 e. The molecule has 0 aliphatic heterocycles. The summed E-state index contributed by atoms with van der Waals surface area (Å²) in [4.78, 5) is 0. The fourth-order valence-electron chi connectivity index (χ4n) is 2.47. The monoisotopic (exact) mass is 270 g/mol. The smallest absolute Gasteiger partial charge is 0.0364 e. The molecule has 1 atom stereocenters. The Labute approximate surface area is 122 Å². The highest BCUT2D eigenvalue weighted by atomic mass is 15.0. The zero-order chi connectivity index (χ0) is 14.5. The summed E-state index contributed by atoms with van der Waals surface area (Å²) in [6, 6.07) is 13.6. The second-order valence-electron chi connectivity index (χ2n) is 6.05. The predicted octanol–water partition coefficient (Wildman–Crippen LogP) is 4.07. The lowest BCUT2D eigenvalue weighted by Crippen LogP contribution is -2.19. The maximum Gasteiger partial charge on any atom is 0.0364 e. The normalized spacial score (nSPS) is 12.8. The first kappa shape index (κ1) is 14.9.